The number of fused-ring (bicyclic) bond motifs is 3. The minimum absolute atomic E-state index is 0.0270. The van der Waals surface area contributed by atoms with E-state index in [4.69, 9.17) is 19.3 Å². The highest BCUT2D eigenvalue weighted by Crippen LogP contribution is 2.49. The lowest BCUT2D eigenvalue weighted by Gasteiger charge is -2.28. The van der Waals surface area contributed by atoms with Crippen LogP contribution in [0.5, 0.6) is 0 Å². The zero-order valence-corrected chi connectivity index (χ0v) is 19.1. The predicted octanol–water partition coefficient (Wildman–Crippen LogP) is 2.08. The summed E-state index contributed by atoms with van der Waals surface area (Å²) in [5.41, 5.74) is 3.81. The van der Waals surface area contributed by atoms with Crippen molar-refractivity contribution in [2.75, 3.05) is 19.8 Å². The SMILES string of the molecule is C=C1C(=O)O[C@@H]2[C@H]3C(C)=CCC3=C(C)C[C@@H](OC(=O)/C(=C/CO)COC(=O)/C(C)=C/CO)[C@@H]12. The Hall–Kier alpha value is -2.97. The van der Waals surface area contributed by atoms with E-state index in [-0.39, 0.29) is 29.2 Å². The number of ether oxygens (including phenoxy) is 3. The van der Waals surface area contributed by atoms with Crippen LogP contribution in [0.4, 0.5) is 0 Å². The van der Waals surface area contributed by atoms with Gasteiger partial charge in [0.25, 0.3) is 0 Å². The highest BCUT2D eigenvalue weighted by atomic mass is 16.6. The van der Waals surface area contributed by atoms with E-state index < -0.39 is 49.2 Å². The Bertz CT molecular complexity index is 980. The molecule has 1 saturated heterocycles. The summed E-state index contributed by atoms with van der Waals surface area (Å²) in [6.45, 7) is 8.20. The van der Waals surface area contributed by atoms with Gasteiger partial charge in [0.05, 0.1) is 24.7 Å². The maximum Gasteiger partial charge on any atom is 0.337 e. The van der Waals surface area contributed by atoms with Gasteiger partial charge in [0.15, 0.2) is 0 Å². The van der Waals surface area contributed by atoms with Gasteiger partial charge in [0, 0.05) is 23.5 Å². The van der Waals surface area contributed by atoms with Gasteiger partial charge in [0.1, 0.15) is 18.8 Å². The fraction of sp³-hybridized carbons (Fsp3) is 0.480. The molecule has 8 heteroatoms. The molecule has 0 amide bonds. The number of rotatable bonds is 7. The first kappa shape index (κ1) is 24.7. The van der Waals surface area contributed by atoms with E-state index in [1.54, 1.807) is 0 Å². The quantitative estimate of drug-likeness (QED) is 0.258. The van der Waals surface area contributed by atoms with Crippen LogP contribution < -0.4 is 0 Å². The van der Waals surface area contributed by atoms with Crippen LogP contribution in [0.3, 0.4) is 0 Å². The van der Waals surface area contributed by atoms with Gasteiger partial charge in [-0.15, -0.1) is 0 Å². The highest BCUT2D eigenvalue weighted by Gasteiger charge is 2.52. The van der Waals surface area contributed by atoms with Crippen molar-refractivity contribution in [2.24, 2.45) is 11.8 Å². The minimum Gasteiger partial charge on any atom is -0.458 e. The summed E-state index contributed by atoms with van der Waals surface area (Å²) in [5.74, 6) is -2.51. The van der Waals surface area contributed by atoms with Gasteiger partial charge >= 0.3 is 17.9 Å². The van der Waals surface area contributed by atoms with Crippen molar-refractivity contribution in [2.45, 2.75) is 45.8 Å². The van der Waals surface area contributed by atoms with Crippen LogP contribution >= 0.6 is 0 Å². The van der Waals surface area contributed by atoms with Crippen LogP contribution in [-0.4, -0.2) is 60.1 Å². The maximum absolute atomic E-state index is 13.0. The molecule has 0 bridgehead atoms. The third-order valence-electron chi connectivity index (χ3n) is 6.49. The molecule has 0 spiro atoms. The highest BCUT2D eigenvalue weighted by molar-refractivity contribution is 5.93. The van der Waals surface area contributed by atoms with E-state index in [0.717, 1.165) is 17.6 Å². The standard InChI is InChI=1S/C25H30O8/c1-13-5-6-18-15(3)11-19(21-16(4)24(29)33-22(21)20(13)18)32-25(30)17(8-10-27)12-31-23(28)14(2)7-9-26/h5,7-8,19-22,26-27H,4,6,9-12H2,1-3H3/b14-7+,17-8+/t19-,20+,21-,22-/m1/s1. The first-order valence-electron chi connectivity index (χ1n) is 10.9. The van der Waals surface area contributed by atoms with Gasteiger partial charge in [-0.2, -0.15) is 0 Å². The Morgan fingerprint density at radius 3 is 2.58 bits per heavy atom. The van der Waals surface area contributed by atoms with E-state index in [1.807, 2.05) is 13.8 Å². The van der Waals surface area contributed by atoms with Crippen molar-refractivity contribution >= 4 is 17.9 Å². The number of hydrogen-bond donors (Lipinski definition) is 2. The lowest BCUT2D eigenvalue weighted by molar-refractivity contribution is -0.149. The second kappa shape index (κ2) is 10.3. The summed E-state index contributed by atoms with van der Waals surface area (Å²) in [6.07, 6.45) is 4.62. The molecule has 0 saturated carbocycles. The van der Waals surface area contributed by atoms with Crippen LogP contribution in [-0.2, 0) is 28.6 Å². The molecule has 0 radical (unpaired) electrons. The van der Waals surface area contributed by atoms with Gasteiger partial charge in [-0.1, -0.05) is 29.4 Å². The van der Waals surface area contributed by atoms with Gasteiger partial charge in [-0.3, -0.25) is 0 Å². The number of carbonyl (C=O) groups excluding carboxylic acids is 3. The van der Waals surface area contributed by atoms with Crippen molar-refractivity contribution in [1.29, 1.82) is 0 Å². The second-order valence-electron chi connectivity index (χ2n) is 8.56. The first-order valence-corrected chi connectivity index (χ1v) is 10.9. The zero-order valence-electron chi connectivity index (χ0n) is 19.1. The van der Waals surface area contributed by atoms with Crippen molar-refractivity contribution in [3.8, 4) is 0 Å². The zero-order chi connectivity index (χ0) is 24.3. The molecule has 0 aromatic carbocycles. The molecule has 0 aromatic heterocycles. The molecule has 3 aliphatic rings. The van der Waals surface area contributed by atoms with Crippen LogP contribution in [0.25, 0.3) is 0 Å². The predicted molar refractivity (Wildman–Crippen MR) is 119 cm³/mol. The van der Waals surface area contributed by atoms with Crippen LogP contribution in [0.1, 0.15) is 33.6 Å². The largest absolute Gasteiger partial charge is 0.458 e. The van der Waals surface area contributed by atoms with Gasteiger partial charge < -0.3 is 24.4 Å². The summed E-state index contributed by atoms with van der Waals surface area (Å²) in [4.78, 5) is 37.3. The Morgan fingerprint density at radius 1 is 1.21 bits per heavy atom. The second-order valence-corrected chi connectivity index (χ2v) is 8.56. The van der Waals surface area contributed by atoms with Crippen molar-refractivity contribution in [1.82, 2.24) is 0 Å². The fourth-order valence-corrected chi connectivity index (χ4v) is 4.69. The molecule has 2 aliphatic carbocycles. The monoisotopic (exact) mass is 458 g/mol. The Kier molecular flexibility index (Phi) is 7.71. The van der Waals surface area contributed by atoms with E-state index in [1.165, 1.54) is 24.6 Å². The lowest BCUT2D eigenvalue weighted by atomic mass is 9.82. The summed E-state index contributed by atoms with van der Waals surface area (Å²) in [5, 5.41) is 18.2. The number of esters is 3. The van der Waals surface area contributed by atoms with Gasteiger partial charge in [0.2, 0.25) is 0 Å². The number of aliphatic hydroxyl groups excluding tert-OH is 2. The molecule has 1 fully saturated rings. The van der Waals surface area contributed by atoms with Crippen molar-refractivity contribution in [3.63, 3.8) is 0 Å². The van der Waals surface area contributed by atoms with E-state index >= 15 is 0 Å². The topological polar surface area (TPSA) is 119 Å². The summed E-state index contributed by atoms with van der Waals surface area (Å²) in [7, 11) is 0. The molecule has 1 aliphatic heterocycles. The smallest absolute Gasteiger partial charge is 0.337 e. The van der Waals surface area contributed by atoms with Gasteiger partial charge in [-0.25, -0.2) is 14.4 Å². The Morgan fingerprint density at radius 2 is 1.91 bits per heavy atom. The third-order valence-corrected chi connectivity index (χ3v) is 6.49. The summed E-state index contributed by atoms with van der Waals surface area (Å²) < 4.78 is 16.6. The molecule has 3 rings (SSSR count). The first-order chi connectivity index (χ1) is 15.7. The summed E-state index contributed by atoms with van der Waals surface area (Å²) in [6, 6.07) is 0. The molecule has 0 unspecified atom stereocenters. The van der Waals surface area contributed by atoms with Crippen molar-refractivity contribution in [3.05, 3.63) is 58.2 Å². The number of hydrogen-bond acceptors (Lipinski definition) is 8. The van der Waals surface area contributed by atoms with E-state index in [2.05, 4.69) is 12.7 Å². The van der Waals surface area contributed by atoms with Crippen LogP contribution in [0.15, 0.2) is 58.2 Å². The van der Waals surface area contributed by atoms with E-state index in [0.29, 0.717) is 6.42 Å². The molecule has 0 aromatic rings. The lowest BCUT2D eigenvalue weighted by Crippen LogP contribution is -2.36. The number of carbonyl (C=O) groups is 3. The molecular formula is C25H30O8. The molecule has 178 valence electrons. The molecule has 33 heavy (non-hydrogen) atoms. The number of aliphatic hydroxyl groups is 2. The Labute approximate surface area is 192 Å². The molecule has 4 atom stereocenters. The van der Waals surface area contributed by atoms with Gasteiger partial charge in [-0.05, 0) is 39.3 Å². The molecular weight excluding hydrogens is 428 g/mol. The fourth-order valence-electron chi connectivity index (χ4n) is 4.69. The Balaban J connectivity index is 1.80. The average Bonchev–Trinajstić information content (AvgIpc) is 3.25. The van der Waals surface area contributed by atoms with Crippen molar-refractivity contribution < 1.29 is 38.8 Å². The maximum atomic E-state index is 13.0. The van der Waals surface area contributed by atoms with Crippen LogP contribution in [0.2, 0.25) is 0 Å². The third kappa shape index (κ3) is 5.02. The molecule has 1 heterocycles. The summed E-state index contributed by atoms with van der Waals surface area (Å²) >= 11 is 0. The molecule has 2 N–H and O–H groups in total. The average molecular weight is 459 g/mol. The number of allylic oxidation sites excluding steroid dienone is 1. The molecule has 8 nitrogen and oxygen atoms in total. The van der Waals surface area contributed by atoms with E-state index in [9.17, 15) is 19.5 Å². The van der Waals surface area contributed by atoms with Crippen LogP contribution in [0, 0.1) is 11.8 Å². The normalized spacial score (nSPS) is 27.5. The minimum atomic E-state index is -0.756.